The molecule has 3 nitrogen and oxygen atoms in total. The summed E-state index contributed by atoms with van der Waals surface area (Å²) < 4.78 is 4.94. The van der Waals surface area contributed by atoms with Crippen LogP contribution in [-0.2, 0) is 11.3 Å². The van der Waals surface area contributed by atoms with Gasteiger partial charge in [0, 0.05) is 18.5 Å². The maximum atomic E-state index is 11.1. The van der Waals surface area contributed by atoms with Gasteiger partial charge in [-0.1, -0.05) is 6.92 Å². The standard InChI is InChI=1S/C10H15NO2/c1-3-10(12)7-11(2)6-9-4-5-13-8-9/h4-5,8H,3,6-7H2,1-2H3. The molecule has 13 heavy (non-hydrogen) atoms. The summed E-state index contributed by atoms with van der Waals surface area (Å²) in [6, 6.07) is 1.91. The van der Waals surface area contributed by atoms with E-state index in [1.807, 2.05) is 24.9 Å². The van der Waals surface area contributed by atoms with Crippen molar-refractivity contribution in [1.29, 1.82) is 0 Å². The van der Waals surface area contributed by atoms with Gasteiger partial charge in [0.25, 0.3) is 0 Å². The molecule has 0 aliphatic carbocycles. The van der Waals surface area contributed by atoms with Gasteiger partial charge in [0.2, 0.25) is 0 Å². The zero-order valence-electron chi connectivity index (χ0n) is 8.12. The summed E-state index contributed by atoms with van der Waals surface area (Å²) in [5.74, 6) is 0.269. The zero-order chi connectivity index (χ0) is 9.68. The Kier molecular flexibility index (Phi) is 3.71. The van der Waals surface area contributed by atoms with Crippen molar-refractivity contribution >= 4 is 5.78 Å². The first-order chi connectivity index (χ1) is 6.22. The van der Waals surface area contributed by atoms with Crippen LogP contribution in [0.2, 0.25) is 0 Å². The maximum absolute atomic E-state index is 11.1. The highest BCUT2D eigenvalue weighted by atomic mass is 16.3. The predicted molar refractivity (Wildman–Crippen MR) is 50.3 cm³/mol. The molecule has 72 valence electrons. The molecular formula is C10H15NO2. The van der Waals surface area contributed by atoms with Crippen LogP contribution >= 0.6 is 0 Å². The average Bonchev–Trinajstić information content (AvgIpc) is 2.56. The Labute approximate surface area is 78.3 Å². The van der Waals surface area contributed by atoms with Gasteiger partial charge in [-0.2, -0.15) is 0 Å². The molecule has 1 aromatic rings. The lowest BCUT2D eigenvalue weighted by molar-refractivity contribution is -0.119. The number of nitrogens with zero attached hydrogens (tertiary/aromatic N) is 1. The molecule has 0 unspecified atom stereocenters. The van der Waals surface area contributed by atoms with Crippen LogP contribution in [0.4, 0.5) is 0 Å². The Hall–Kier alpha value is -1.09. The molecule has 0 saturated heterocycles. The Morgan fingerprint density at radius 1 is 1.62 bits per heavy atom. The van der Waals surface area contributed by atoms with Crippen LogP contribution in [0.3, 0.4) is 0 Å². The summed E-state index contributed by atoms with van der Waals surface area (Å²) >= 11 is 0. The fraction of sp³-hybridized carbons (Fsp3) is 0.500. The van der Waals surface area contributed by atoms with E-state index in [0.29, 0.717) is 13.0 Å². The Balaban J connectivity index is 2.33. The van der Waals surface area contributed by atoms with Gasteiger partial charge in [-0.15, -0.1) is 0 Å². The number of hydrogen-bond donors (Lipinski definition) is 0. The number of Topliss-reactive ketones (excluding diaryl/α,β-unsaturated/α-hetero) is 1. The van der Waals surface area contributed by atoms with Crippen molar-refractivity contribution in [3.05, 3.63) is 24.2 Å². The van der Waals surface area contributed by atoms with Crippen molar-refractivity contribution in [2.24, 2.45) is 0 Å². The fourth-order valence-corrected chi connectivity index (χ4v) is 1.16. The molecule has 0 fully saturated rings. The van der Waals surface area contributed by atoms with Crippen LogP contribution < -0.4 is 0 Å². The smallest absolute Gasteiger partial charge is 0.146 e. The first kappa shape index (κ1) is 9.99. The number of rotatable bonds is 5. The van der Waals surface area contributed by atoms with Gasteiger partial charge < -0.3 is 4.42 Å². The van der Waals surface area contributed by atoms with Crippen LogP contribution in [0, 0.1) is 0 Å². The van der Waals surface area contributed by atoms with E-state index >= 15 is 0 Å². The second-order valence-electron chi connectivity index (χ2n) is 3.20. The van der Waals surface area contributed by atoms with E-state index in [1.54, 1.807) is 12.5 Å². The van der Waals surface area contributed by atoms with Crippen LogP contribution in [0.5, 0.6) is 0 Å². The molecule has 1 heterocycles. The molecule has 0 atom stereocenters. The first-order valence-electron chi connectivity index (χ1n) is 4.43. The largest absolute Gasteiger partial charge is 0.472 e. The van der Waals surface area contributed by atoms with E-state index in [0.717, 1.165) is 12.1 Å². The third-order valence-corrected chi connectivity index (χ3v) is 1.87. The van der Waals surface area contributed by atoms with Gasteiger partial charge in [0.1, 0.15) is 5.78 Å². The van der Waals surface area contributed by atoms with Gasteiger partial charge in [0.05, 0.1) is 19.1 Å². The minimum atomic E-state index is 0.269. The SMILES string of the molecule is CCC(=O)CN(C)Cc1ccoc1. The molecule has 0 aromatic carbocycles. The molecule has 0 saturated carbocycles. The number of hydrogen-bond acceptors (Lipinski definition) is 3. The zero-order valence-corrected chi connectivity index (χ0v) is 8.12. The van der Waals surface area contributed by atoms with Crippen LogP contribution in [0.25, 0.3) is 0 Å². The third kappa shape index (κ3) is 3.42. The summed E-state index contributed by atoms with van der Waals surface area (Å²) in [5, 5.41) is 0. The lowest BCUT2D eigenvalue weighted by atomic mass is 10.2. The first-order valence-corrected chi connectivity index (χ1v) is 4.43. The quantitative estimate of drug-likeness (QED) is 0.693. The van der Waals surface area contributed by atoms with Crippen LogP contribution in [0.15, 0.2) is 23.0 Å². The van der Waals surface area contributed by atoms with Crippen molar-refractivity contribution in [2.45, 2.75) is 19.9 Å². The van der Waals surface area contributed by atoms with E-state index in [2.05, 4.69) is 0 Å². The van der Waals surface area contributed by atoms with Gasteiger partial charge >= 0.3 is 0 Å². The molecule has 0 aliphatic rings. The monoisotopic (exact) mass is 181 g/mol. The molecule has 0 amide bonds. The van der Waals surface area contributed by atoms with E-state index < -0.39 is 0 Å². The summed E-state index contributed by atoms with van der Waals surface area (Å²) in [6.07, 6.45) is 3.95. The third-order valence-electron chi connectivity index (χ3n) is 1.87. The van der Waals surface area contributed by atoms with Gasteiger partial charge in [-0.3, -0.25) is 9.69 Å². The van der Waals surface area contributed by atoms with E-state index in [1.165, 1.54) is 0 Å². The van der Waals surface area contributed by atoms with Gasteiger partial charge in [0.15, 0.2) is 0 Å². The number of furan rings is 1. The number of carbonyl (C=O) groups excluding carboxylic acids is 1. The predicted octanol–water partition coefficient (Wildman–Crippen LogP) is 1.69. The Morgan fingerprint density at radius 3 is 2.92 bits per heavy atom. The minimum Gasteiger partial charge on any atom is -0.472 e. The van der Waals surface area contributed by atoms with Crippen molar-refractivity contribution in [1.82, 2.24) is 4.90 Å². The molecule has 1 aromatic heterocycles. The summed E-state index contributed by atoms with van der Waals surface area (Å²) in [4.78, 5) is 13.1. The Morgan fingerprint density at radius 2 is 2.38 bits per heavy atom. The highest BCUT2D eigenvalue weighted by Crippen LogP contribution is 2.03. The van der Waals surface area contributed by atoms with Crippen molar-refractivity contribution in [2.75, 3.05) is 13.6 Å². The molecular weight excluding hydrogens is 166 g/mol. The van der Waals surface area contributed by atoms with E-state index in [4.69, 9.17) is 4.42 Å². The van der Waals surface area contributed by atoms with Crippen molar-refractivity contribution in [3.8, 4) is 0 Å². The second-order valence-corrected chi connectivity index (χ2v) is 3.20. The molecule has 0 bridgehead atoms. The van der Waals surface area contributed by atoms with E-state index in [9.17, 15) is 4.79 Å². The molecule has 0 spiro atoms. The number of likely N-dealkylation sites (N-methyl/N-ethyl adjacent to an activating group) is 1. The molecule has 1 rings (SSSR count). The lowest BCUT2D eigenvalue weighted by Crippen LogP contribution is -2.24. The molecule has 0 aliphatic heterocycles. The van der Waals surface area contributed by atoms with Crippen molar-refractivity contribution < 1.29 is 9.21 Å². The highest BCUT2D eigenvalue weighted by molar-refractivity contribution is 5.80. The van der Waals surface area contributed by atoms with Crippen molar-refractivity contribution in [3.63, 3.8) is 0 Å². The highest BCUT2D eigenvalue weighted by Gasteiger charge is 2.05. The summed E-state index contributed by atoms with van der Waals surface area (Å²) in [5.41, 5.74) is 1.10. The normalized spacial score (nSPS) is 10.7. The number of carbonyl (C=O) groups is 1. The summed E-state index contributed by atoms with van der Waals surface area (Å²) in [7, 11) is 1.93. The van der Waals surface area contributed by atoms with Crippen LogP contribution in [-0.4, -0.2) is 24.3 Å². The Bertz CT molecular complexity index is 254. The molecule has 0 radical (unpaired) electrons. The maximum Gasteiger partial charge on any atom is 0.146 e. The van der Waals surface area contributed by atoms with Gasteiger partial charge in [-0.25, -0.2) is 0 Å². The minimum absolute atomic E-state index is 0.269. The van der Waals surface area contributed by atoms with Crippen LogP contribution in [0.1, 0.15) is 18.9 Å². The number of ketones is 1. The topological polar surface area (TPSA) is 33.5 Å². The molecule has 3 heteroatoms. The average molecular weight is 181 g/mol. The molecule has 0 N–H and O–H groups in total. The second kappa shape index (κ2) is 4.82. The van der Waals surface area contributed by atoms with Gasteiger partial charge in [-0.05, 0) is 13.1 Å². The van der Waals surface area contributed by atoms with E-state index in [-0.39, 0.29) is 5.78 Å². The lowest BCUT2D eigenvalue weighted by Gasteiger charge is -2.13. The fourth-order valence-electron chi connectivity index (χ4n) is 1.16. The summed E-state index contributed by atoms with van der Waals surface area (Å²) in [6.45, 7) is 3.16.